The molecule has 90 valence electrons. The number of ether oxygens (including phenoxy) is 2. The van der Waals surface area contributed by atoms with E-state index in [1.54, 1.807) is 14.2 Å². The van der Waals surface area contributed by atoms with Gasteiger partial charge in [0.15, 0.2) is 6.29 Å². The number of likely N-dealkylation sites (N-methyl/N-ethyl adjacent to an activating group) is 1. The minimum Gasteiger partial charge on any atom is -0.354 e. The molecular formula is C13H21NO2. The minimum atomic E-state index is -0.216. The molecule has 1 N–H and O–H groups in total. The number of hydrogen-bond donors (Lipinski definition) is 1. The number of nitrogens with one attached hydrogen (secondary N) is 1. The second-order valence-corrected chi connectivity index (χ2v) is 3.92. The molecule has 1 aromatic carbocycles. The van der Waals surface area contributed by atoms with Gasteiger partial charge in [0.1, 0.15) is 0 Å². The molecule has 16 heavy (non-hydrogen) atoms. The maximum Gasteiger partial charge on any atom is 0.172 e. The molecular weight excluding hydrogens is 202 g/mol. The van der Waals surface area contributed by atoms with E-state index in [0.717, 1.165) is 6.42 Å². The lowest BCUT2D eigenvalue weighted by Gasteiger charge is -2.24. The Balaban J connectivity index is 2.65. The van der Waals surface area contributed by atoms with Gasteiger partial charge in [-0.3, -0.25) is 0 Å². The third kappa shape index (κ3) is 3.59. The molecule has 0 amide bonds. The molecule has 0 aliphatic carbocycles. The van der Waals surface area contributed by atoms with Crippen molar-refractivity contribution in [3.05, 3.63) is 35.4 Å². The highest BCUT2D eigenvalue weighted by molar-refractivity contribution is 5.22. The van der Waals surface area contributed by atoms with Gasteiger partial charge in [0.25, 0.3) is 0 Å². The summed E-state index contributed by atoms with van der Waals surface area (Å²) in [7, 11) is 5.24. The Morgan fingerprint density at radius 1 is 1.12 bits per heavy atom. The molecule has 0 aliphatic heterocycles. The van der Waals surface area contributed by atoms with Gasteiger partial charge >= 0.3 is 0 Å². The van der Waals surface area contributed by atoms with Gasteiger partial charge < -0.3 is 14.8 Å². The quantitative estimate of drug-likeness (QED) is 0.745. The van der Waals surface area contributed by atoms with Gasteiger partial charge in [-0.15, -0.1) is 0 Å². The minimum absolute atomic E-state index is 0.165. The molecule has 1 rings (SSSR count). The second kappa shape index (κ2) is 6.63. The molecule has 3 nitrogen and oxygen atoms in total. The first-order chi connectivity index (χ1) is 7.71. The first-order valence-electron chi connectivity index (χ1n) is 5.49. The Hall–Kier alpha value is -0.900. The van der Waals surface area contributed by atoms with Crippen molar-refractivity contribution < 1.29 is 9.47 Å². The first-order valence-corrected chi connectivity index (χ1v) is 5.49. The average molecular weight is 223 g/mol. The van der Waals surface area contributed by atoms with Crippen LogP contribution in [0.4, 0.5) is 0 Å². The van der Waals surface area contributed by atoms with E-state index in [1.165, 1.54) is 11.1 Å². The second-order valence-electron chi connectivity index (χ2n) is 3.92. The summed E-state index contributed by atoms with van der Waals surface area (Å²) >= 11 is 0. The fourth-order valence-electron chi connectivity index (χ4n) is 1.74. The Bertz CT molecular complexity index is 293. The molecule has 0 saturated carbocycles. The van der Waals surface area contributed by atoms with Crippen LogP contribution in [0.15, 0.2) is 24.3 Å². The predicted molar refractivity (Wildman–Crippen MR) is 65.5 cm³/mol. The first kappa shape index (κ1) is 13.2. The van der Waals surface area contributed by atoms with Crippen LogP contribution in [0.1, 0.15) is 11.1 Å². The summed E-state index contributed by atoms with van der Waals surface area (Å²) in [6.45, 7) is 2.09. The molecule has 0 heterocycles. The molecule has 0 radical (unpaired) electrons. The van der Waals surface area contributed by atoms with Gasteiger partial charge in [0.2, 0.25) is 0 Å². The molecule has 0 aromatic heterocycles. The predicted octanol–water partition coefficient (Wildman–Crippen LogP) is 1.74. The fourth-order valence-corrected chi connectivity index (χ4v) is 1.74. The lowest BCUT2D eigenvalue weighted by atomic mass is 10.0. The summed E-state index contributed by atoms with van der Waals surface area (Å²) in [4.78, 5) is 0. The molecule has 1 aromatic rings. The normalized spacial score (nSPS) is 13.1. The zero-order chi connectivity index (χ0) is 12.0. The van der Waals surface area contributed by atoms with Crippen molar-refractivity contribution in [2.24, 2.45) is 0 Å². The third-order valence-corrected chi connectivity index (χ3v) is 2.74. The molecule has 0 saturated heterocycles. The largest absolute Gasteiger partial charge is 0.354 e. The van der Waals surface area contributed by atoms with Crippen LogP contribution >= 0.6 is 0 Å². The number of rotatable bonds is 6. The lowest BCUT2D eigenvalue weighted by Crippen LogP contribution is -2.41. The van der Waals surface area contributed by atoms with E-state index in [2.05, 4.69) is 36.5 Å². The lowest BCUT2D eigenvalue weighted by molar-refractivity contribution is -0.121. The number of benzene rings is 1. The zero-order valence-corrected chi connectivity index (χ0v) is 10.5. The van der Waals surface area contributed by atoms with E-state index in [4.69, 9.17) is 9.47 Å². The molecule has 0 spiro atoms. The van der Waals surface area contributed by atoms with E-state index in [1.807, 2.05) is 7.05 Å². The van der Waals surface area contributed by atoms with Crippen LogP contribution in [0.2, 0.25) is 0 Å². The van der Waals surface area contributed by atoms with Crippen molar-refractivity contribution in [1.29, 1.82) is 0 Å². The van der Waals surface area contributed by atoms with Crippen LogP contribution in [0.25, 0.3) is 0 Å². The summed E-state index contributed by atoms with van der Waals surface area (Å²) in [6, 6.07) is 8.69. The van der Waals surface area contributed by atoms with E-state index < -0.39 is 0 Å². The Labute approximate surface area is 97.8 Å². The molecule has 1 atom stereocenters. The van der Waals surface area contributed by atoms with Crippen molar-refractivity contribution in [2.45, 2.75) is 25.7 Å². The molecule has 0 aliphatic rings. The summed E-state index contributed by atoms with van der Waals surface area (Å²) in [5.74, 6) is 0. The summed E-state index contributed by atoms with van der Waals surface area (Å²) < 4.78 is 10.5. The van der Waals surface area contributed by atoms with Crippen LogP contribution in [-0.4, -0.2) is 33.6 Å². The van der Waals surface area contributed by atoms with E-state index in [-0.39, 0.29) is 12.3 Å². The van der Waals surface area contributed by atoms with Gasteiger partial charge in [0, 0.05) is 14.2 Å². The Morgan fingerprint density at radius 3 is 2.12 bits per heavy atom. The van der Waals surface area contributed by atoms with E-state index in [9.17, 15) is 0 Å². The van der Waals surface area contributed by atoms with E-state index in [0.29, 0.717) is 0 Å². The van der Waals surface area contributed by atoms with Gasteiger partial charge in [-0.1, -0.05) is 29.8 Å². The number of methoxy groups -OCH3 is 2. The van der Waals surface area contributed by atoms with Crippen molar-refractivity contribution in [2.75, 3.05) is 21.3 Å². The van der Waals surface area contributed by atoms with Crippen LogP contribution < -0.4 is 5.32 Å². The smallest absolute Gasteiger partial charge is 0.172 e. The third-order valence-electron chi connectivity index (χ3n) is 2.74. The molecule has 0 bridgehead atoms. The maximum absolute atomic E-state index is 5.26. The number of hydrogen-bond acceptors (Lipinski definition) is 3. The van der Waals surface area contributed by atoms with Gasteiger partial charge in [0.05, 0.1) is 6.04 Å². The van der Waals surface area contributed by atoms with Crippen LogP contribution in [0, 0.1) is 6.92 Å². The monoisotopic (exact) mass is 223 g/mol. The van der Waals surface area contributed by atoms with E-state index >= 15 is 0 Å². The Morgan fingerprint density at radius 2 is 1.69 bits per heavy atom. The van der Waals surface area contributed by atoms with Crippen LogP contribution in [-0.2, 0) is 15.9 Å². The van der Waals surface area contributed by atoms with Gasteiger partial charge in [-0.2, -0.15) is 0 Å². The average Bonchev–Trinajstić information content (AvgIpc) is 2.32. The summed E-state index contributed by atoms with van der Waals surface area (Å²) in [6.07, 6.45) is 0.676. The highest BCUT2D eigenvalue weighted by Gasteiger charge is 2.19. The van der Waals surface area contributed by atoms with Gasteiger partial charge in [-0.25, -0.2) is 0 Å². The standard InChI is InChI=1S/C13H21NO2/c1-10-5-7-11(8-6-10)9-12(14-2)13(15-3)16-4/h5-8,12-14H,9H2,1-4H3. The zero-order valence-electron chi connectivity index (χ0n) is 10.5. The van der Waals surface area contributed by atoms with Crippen LogP contribution in [0.5, 0.6) is 0 Å². The highest BCUT2D eigenvalue weighted by Crippen LogP contribution is 2.10. The van der Waals surface area contributed by atoms with Crippen molar-refractivity contribution in [3.63, 3.8) is 0 Å². The van der Waals surface area contributed by atoms with Crippen LogP contribution in [0.3, 0.4) is 0 Å². The molecule has 1 unspecified atom stereocenters. The maximum atomic E-state index is 5.26. The molecule has 3 heteroatoms. The van der Waals surface area contributed by atoms with Crippen molar-refractivity contribution in [1.82, 2.24) is 5.32 Å². The van der Waals surface area contributed by atoms with Gasteiger partial charge in [-0.05, 0) is 26.0 Å². The fraction of sp³-hybridized carbons (Fsp3) is 0.538. The van der Waals surface area contributed by atoms with Crippen molar-refractivity contribution >= 4 is 0 Å². The SMILES string of the molecule is CNC(Cc1ccc(C)cc1)C(OC)OC. The van der Waals surface area contributed by atoms with Crippen molar-refractivity contribution in [3.8, 4) is 0 Å². The molecule has 0 fully saturated rings. The summed E-state index contributed by atoms with van der Waals surface area (Å²) in [5.41, 5.74) is 2.56. The highest BCUT2D eigenvalue weighted by atomic mass is 16.7. The Kier molecular flexibility index (Phi) is 5.46. The number of aryl methyl sites for hydroxylation is 1. The summed E-state index contributed by atoms with van der Waals surface area (Å²) in [5, 5.41) is 3.22. The topological polar surface area (TPSA) is 30.5 Å².